The number of hydrogen-bond acceptors (Lipinski definition) is 3. The molecule has 24 heavy (non-hydrogen) atoms. The van der Waals surface area contributed by atoms with E-state index in [9.17, 15) is 14.0 Å². The van der Waals surface area contributed by atoms with Gasteiger partial charge in [-0.2, -0.15) is 0 Å². The lowest BCUT2D eigenvalue weighted by Crippen LogP contribution is -2.34. The molecule has 4 heteroatoms. The Hall–Kier alpha value is -3.01. The van der Waals surface area contributed by atoms with Crippen LogP contribution in [0.4, 0.5) is 4.39 Å². The molecule has 3 nitrogen and oxygen atoms in total. The summed E-state index contributed by atoms with van der Waals surface area (Å²) >= 11 is 0. The molecule has 1 unspecified atom stereocenters. The lowest BCUT2D eigenvalue weighted by atomic mass is 9.87. The molecule has 1 atom stereocenters. The number of carbonyl (C=O) groups excluding carboxylic acids is 2. The molecule has 1 aliphatic rings. The van der Waals surface area contributed by atoms with Gasteiger partial charge in [0.25, 0.3) is 0 Å². The third-order valence-electron chi connectivity index (χ3n) is 4.35. The fourth-order valence-corrected chi connectivity index (χ4v) is 3.10. The van der Waals surface area contributed by atoms with Gasteiger partial charge < -0.3 is 4.74 Å². The summed E-state index contributed by atoms with van der Waals surface area (Å²) < 4.78 is 18.4. The van der Waals surface area contributed by atoms with Crippen molar-refractivity contribution in [1.29, 1.82) is 0 Å². The Bertz CT molecular complexity index is 960. The topological polar surface area (TPSA) is 43.4 Å². The number of ether oxygens (including phenoxy) is 1. The van der Waals surface area contributed by atoms with E-state index < -0.39 is 17.7 Å². The summed E-state index contributed by atoms with van der Waals surface area (Å²) in [7, 11) is 0. The van der Waals surface area contributed by atoms with Crippen LogP contribution < -0.4 is 4.74 Å². The first kappa shape index (κ1) is 14.6. The standard InChI is InChI=1S/C20H13FO3/c21-14-8-5-13(6-9-14)19(22)17-11-16-15-4-2-1-3-12(15)7-10-18(16)24-20(17)23/h1-10,17H,11H2. The lowest BCUT2D eigenvalue weighted by Gasteiger charge is -2.23. The van der Waals surface area contributed by atoms with Crippen LogP contribution in [0, 0.1) is 11.7 Å². The van der Waals surface area contributed by atoms with E-state index >= 15 is 0 Å². The van der Waals surface area contributed by atoms with E-state index in [0.717, 1.165) is 16.3 Å². The molecule has 0 aromatic heterocycles. The predicted molar refractivity (Wildman–Crippen MR) is 87.5 cm³/mol. The van der Waals surface area contributed by atoms with Crippen molar-refractivity contribution >= 4 is 22.5 Å². The first-order valence-electron chi connectivity index (χ1n) is 7.65. The van der Waals surface area contributed by atoms with Crippen molar-refractivity contribution < 1.29 is 18.7 Å². The van der Waals surface area contributed by atoms with Crippen molar-refractivity contribution in [2.24, 2.45) is 5.92 Å². The zero-order valence-corrected chi connectivity index (χ0v) is 12.7. The minimum Gasteiger partial charge on any atom is -0.426 e. The Kier molecular flexibility index (Phi) is 3.38. The third-order valence-corrected chi connectivity index (χ3v) is 4.35. The molecule has 0 bridgehead atoms. The first-order valence-corrected chi connectivity index (χ1v) is 7.65. The summed E-state index contributed by atoms with van der Waals surface area (Å²) in [4.78, 5) is 24.9. The van der Waals surface area contributed by atoms with Gasteiger partial charge in [-0.15, -0.1) is 0 Å². The second-order valence-electron chi connectivity index (χ2n) is 5.81. The fraction of sp³-hybridized carbons (Fsp3) is 0.100. The minimum atomic E-state index is -0.909. The summed E-state index contributed by atoms with van der Waals surface area (Å²) in [5.74, 6) is -1.74. The van der Waals surface area contributed by atoms with Gasteiger partial charge in [-0.3, -0.25) is 9.59 Å². The number of benzene rings is 3. The summed E-state index contributed by atoms with van der Waals surface area (Å²) in [6.07, 6.45) is 0.283. The van der Waals surface area contributed by atoms with Crippen LogP contribution in [0.15, 0.2) is 60.7 Å². The Morgan fingerprint density at radius 2 is 1.75 bits per heavy atom. The van der Waals surface area contributed by atoms with Crippen molar-refractivity contribution in [3.05, 3.63) is 77.6 Å². The summed E-state index contributed by atoms with van der Waals surface area (Å²) in [5, 5.41) is 2.00. The third kappa shape index (κ3) is 2.36. The highest BCUT2D eigenvalue weighted by Crippen LogP contribution is 2.35. The van der Waals surface area contributed by atoms with Gasteiger partial charge in [0.05, 0.1) is 0 Å². The van der Waals surface area contributed by atoms with E-state index in [1.807, 2.05) is 30.3 Å². The molecule has 0 saturated heterocycles. The van der Waals surface area contributed by atoms with Crippen molar-refractivity contribution in [3.63, 3.8) is 0 Å². The van der Waals surface area contributed by atoms with Gasteiger partial charge in [0.2, 0.25) is 0 Å². The van der Waals surface area contributed by atoms with Crippen LogP contribution in [0.3, 0.4) is 0 Å². The molecule has 3 aromatic carbocycles. The Morgan fingerprint density at radius 1 is 1.00 bits per heavy atom. The van der Waals surface area contributed by atoms with E-state index in [4.69, 9.17) is 4.74 Å². The second-order valence-corrected chi connectivity index (χ2v) is 5.81. The fourth-order valence-electron chi connectivity index (χ4n) is 3.10. The quantitative estimate of drug-likeness (QED) is 0.311. The number of rotatable bonds is 2. The van der Waals surface area contributed by atoms with Gasteiger partial charge in [-0.25, -0.2) is 4.39 Å². The SMILES string of the molecule is O=C1Oc2ccc3ccccc3c2CC1C(=O)c1ccc(F)cc1. The zero-order chi connectivity index (χ0) is 16.7. The van der Waals surface area contributed by atoms with E-state index in [1.165, 1.54) is 24.3 Å². The first-order chi connectivity index (χ1) is 11.6. The normalized spacial score (nSPS) is 16.5. The van der Waals surface area contributed by atoms with Gasteiger partial charge in [0, 0.05) is 11.1 Å². The van der Waals surface area contributed by atoms with Crippen molar-refractivity contribution in [1.82, 2.24) is 0 Å². The largest absolute Gasteiger partial charge is 0.426 e. The molecule has 1 heterocycles. The van der Waals surface area contributed by atoms with Crippen LogP contribution in [0.5, 0.6) is 5.75 Å². The minimum absolute atomic E-state index is 0.283. The maximum Gasteiger partial charge on any atom is 0.322 e. The highest BCUT2D eigenvalue weighted by molar-refractivity contribution is 6.10. The smallest absolute Gasteiger partial charge is 0.322 e. The van der Waals surface area contributed by atoms with E-state index in [2.05, 4.69) is 0 Å². The molecule has 0 saturated carbocycles. The highest BCUT2D eigenvalue weighted by atomic mass is 19.1. The van der Waals surface area contributed by atoms with Crippen LogP contribution >= 0.6 is 0 Å². The Morgan fingerprint density at radius 3 is 2.54 bits per heavy atom. The number of halogens is 1. The second kappa shape index (κ2) is 5.57. The van der Waals surface area contributed by atoms with Gasteiger partial charge in [-0.05, 0) is 47.5 Å². The molecule has 0 amide bonds. The van der Waals surface area contributed by atoms with Crippen LogP contribution in [0.2, 0.25) is 0 Å². The number of hydrogen-bond donors (Lipinski definition) is 0. The van der Waals surface area contributed by atoms with Crippen LogP contribution in [-0.2, 0) is 11.2 Å². The molecule has 118 valence electrons. The molecule has 0 spiro atoms. The van der Waals surface area contributed by atoms with Gasteiger partial charge in [0.1, 0.15) is 17.5 Å². The molecule has 0 aliphatic carbocycles. The maximum atomic E-state index is 13.0. The predicted octanol–water partition coefficient (Wildman–Crippen LogP) is 3.94. The molecule has 0 radical (unpaired) electrons. The Labute approximate surface area is 137 Å². The summed E-state index contributed by atoms with van der Waals surface area (Å²) in [6.45, 7) is 0. The highest BCUT2D eigenvalue weighted by Gasteiger charge is 2.35. The molecule has 3 aromatic rings. The molecule has 0 fully saturated rings. The molecular formula is C20H13FO3. The van der Waals surface area contributed by atoms with Crippen molar-refractivity contribution in [3.8, 4) is 5.75 Å². The Balaban J connectivity index is 1.75. The van der Waals surface area contributed by atoms with Crippen molar-refractivity contribution in [2.75, 3.05) is 0 Å². The number of esters is 1. The number of fused-ring (bicyclic) bond motifs is 3. The van der Waals surface area contributed by atoms with Crippen LogP contribution in [-0.4, -0.2) is 11.8 Å². The van der Waals surface area contributed by atoms with E-state index in [0.29, 0.717) is 11.3 Å². The number of ketones is 1. The molecule has 0 N–H and O–H groups in total. The average Bonchev–Trinajstić information content (AvgIpc) is 2.61. The molecule has 4 rings (SSSR count). The van der Waals surface area contributed by atoms with Gasteiger partial charge in [0.15, 0.2) is 5.78 Å². The monoisotopic (exact) mass is 320 g/mol. The van der Waals surface area contributed by atoms with Gasteiger partial charge >= 0.3 is 5.97 Å². The molecular weight excluding hydrogens is 307 g/mol. The van der Waals surface area contributed by atoms with Crippen LogP contribution in [0.25, 0.3) is 10.8 Å². The lowest BCUT2D eigenvalue weighted by molar-refractivity contribution is -0.138. The average molecular weight is 320 g/mol. The molecule has 1 aliphatic heterocycles. The van der Waals surface area contributed by atoms with E-state index in [-0.39, 0.29) is 12.2 Å². The summed E-state index contributed by atoms with van der Waals surface area (Å²) in [5.41, 5.74) is 1.16. The summed E-state index contributed by atoms with van der Waals surface area (Å²) in [6, 6.07) is 16.6. The van der Waals surface area contributed by atoms with E-state index in [1.54, 1.807) is 6.07 Å². The number of carbonyl (C=O) groups is 2. The maximum absolute atomic E-state index is 13.0. The van der Waals surface area contributed by atoms with Crippen molar-refractivity contribution in [2.45, 2.75) is 6.42 Å². The van der Waals surface area contributed by atoms with Gasteiger partial charge in [-0.1, -0.05) is 30.3 Å². The number of Topliss-reactive ketones (excluding diaryl/α,β-unsaturated/α-hetero) is 1. The van der Waals surface area contributed by atoms with Crippen LogP contribution in [0.1, 0.15) is 15.9 Å². The zero-order valence-electron chi connectivity index (χ0n) is 12.7.